The molecule has 1 aromatic rings. The third kappa shape index (κ3) is 2.00. The molecule has 1 aromatic heterocycles. The Kier molecular flexibility index (Phi) is 1.80. The molecule has 2 rings (SSSR count). The monoisotopic (exact) mass is 249 g/mol. The van der Waals surface area contributed by atoms with Gasteiger partial charge in [-0.15, -0.1) is 0 Å². The molecule has 1 fully saturated rings. The Balaban J connectivity index is 2.60. The average molecular weight is 249 g/mol. The molecule has 1 unspecified atom stereocenters. The summed E-state index contributed by atoms with van der Waals surface area (Å²) >= 11 is 0. The predicted octanol–water partition coefficient (Wildman–Crippen LogP) is -3.17. The van der Waals surface area contributed by atoms with Crippen molar-refractivity contribution in [3.05, 3.63) is 16.8 Å². The number of nitrogens with zero attached hydrogens (tertiary/aromatic N) is 3. The molecule has 0 aromatic carbocycles. The molecule has 5 N–H and O–H groups in total. The fourth-order valence-corrected chi connectivity index (χ4v) is 1.28. The molecule has 0 spiro atoms. The van der Waals surface area contributed by atoms with Crippen LogP contribution in [0.4, 0.5) is 5.95 Å². The third-order valence-electron chi connectivity index (χ3n) is 2.07. The number of ether oxygens (including phenoxy) is 1. The van der Waals surface area contributed by atoms with Crippen LogP contribution in [0.25, 0.3) is 0 Å². The van der Waals surface area contributed by atoms with Crippen molar-refractivity contribution in [2.24, 2.45) is 0 Å². The highest BCUT2D eigenvalue weighted by Gasteiger charge is 2.43. The van der Waals surface area contributed by atoms with Crippen LogP contribution in [0.15, 0.2) is 11.1 Å². The lowest BCUT2D eigenvalue weighted by Gasteiger charge is -2.16. The van der Waals surface area contributed by atoms with Gasteiger partial charge in [0.25, 0.3) is 0 Å². The van der Waals surface area contributed by atoms with E-state index in [2.05, 4.69) is 9.97 Å². The van der Waals surface area contributed by atoms with E-state index < -0.39 is 49.0 Å². The van der Waals surface area contributed by atoms with Gasteiger partial charge in [0.1, 0.15) is 25.9 Å². The number of aliphatic hydroxyl groups is 3. The Morgan fingerprint density at radius 2 is 2.47 bits per heavy atom. The van der Waals surface area contributed by atoms with Gasteiger partial charge in [0, 0.05) is 0 Å². The number of rotatable bonds is 2. The summed E-state index contributed by atoms with van der Waals surface area (Å²) in [6.45, 7) is -3.57. The fourth-order valence-electron chi connectivity index (χ4n) is 1.28. The van der Waals surface area contributed by atoms with Crippen molar-refractivity contribution >= 4 is 5.95 Å². The van der Waals surface area contributed by atoms with Gasteiger partial charge in [-0.05, 0) is 0 Å². The van der Waals surface area contributed by atoms with Gasteiger partial charge < -0.3 is 25.8 Å². The quantitative estimate of drug-likeness (QED) is 0.429. The number of nitrogen functional groups attached to an aromatic ring is 1. The molecule has 94 valence electrons. The number of hydrogen-bond acceptors (Lipinski definition) is 8. The summed E-state index contributed by atoms with van der Waals surface area (Å²) in [5, 5.41) is 29.1. The molecule has 17 heavy (non-hydrogen) atoms. The van der Waals surface area contributed by atoms with Gasteiger partial charge in [-0.25, -0.2) is 9.78 Å². The highest BCUT2D eigenvalue weighted by atomic mass is 16.6. The fraction of sp³-hybridized carbons (Fsp3) is 0.625. The van der Waals surface area contributed by atoms with Gasteiger partial charge >= 0.3 is 5.69 Å². The molecule has 0 aliphatic carbocycles. The van der Waals surface area contributed by atoms with Crippen LogP contribution in [-0.2, 0) is 4.74 Å². The van der Waals surface area contributed by atoms with Crippen molar-refractivity contribution in [2.45, 2.75) is 24.5 Å². The van der Waals surface area contributed by atoms with Crippen LogP contribution in [0, 0.1) is 0 Å². The molecule has 2 heterocycles. The van der Waals surface area contributed by atoms with E-state index in [0.717, 1.165) is 0 Å². The van der Waals surface area contributed by atoms with Crippen LogP contribution >= 0.6 is 0 Å². The molecule has 0 radical (unpaired) electrons. The van der Waals surface area contributed by atoms with E-state index in [4.69, 9.17) is 17.3 Å². The number of aromatic nitrogens is 3. The van der Waals surface area contributed by atoms with Crippen molar-refractivity contribution in [1.29, 1.82) is 0 Å². The molecule has 9 nitrogen and oxygen atoms in total. The first kappa shape index (κ1) is 7.01. The van der Waals surface area contributed by atoms with E-state index in [1.165, 1.54) is 0 Å². The van der Waals surface area contributed by atoms with E-state index in [9.17, 15) is 20.1 Å². The summed E-state index contributed by atoms with van der Waals surface area (Å²) in [5.41, 5.74) is 3.92. The molecular weight excluding hydrogens is 232 g/mol. The van der Waals surface area contributed by atoms with Gasteiger partial charge in [0.15, 0.2) is 6.23 Å². The van der Waals surface area contributed by atoms with E-state index >= 15 is 0 Å². The second-order valence-corrected chi connectivity index (χ2v) is 3.11. The molecular formula is C8H12N4O5. The first-order valence-corrected chi connectivity index (χ1v) is 4.36. The normalized spacial score (nSPS) is 46.6. The lowest BCUT2D eigenvalue weighted by Crippen LogP contribution is -2.36. The summed E-state index contributed by atoms with van der Waals surface area (Å²) in [6.07, 6.45) is -12.0. The second-order valence-electron chi connectivity index (χ2n) is 3.11. The zero-order valence-corrected chi connectivity index (χ0v) is 8.23. The van der Waals surface area contributed by atoms with Crippen LogP contribution in [-0.4, -0.2) is 54.7 Å². The number of nitrogens with two attached hydrogens (primary N) is 1. The van der Waals surface area contributed by atoms with Crippen LogP contribution in [0.5, 0.6) is 0 Å². The first-order valence-electron chi connectivity index (χ1n) is 6.86. The predicted molar refractivity (Wildman–Crippen MR) is 53.7 cm³/mol. The molecule has 0 amide bonds. The summed E-state index contributed by atoms with van der Waals surface area (Å²) in [7, 11) is 0. The zero-order valence-electron chi connectivity index (χ0n) is 13.2. The molecule has 4 atom stereocenters. The SMILES string of the molecule is [2H]c1nc(N)nc(=O)n1[C@@H]1O[C@]([2H])(C([2H])([2H])O)[C@]([2H])(O)C1O. The van der Waals surface area contributed by atoms with Crippen LogP contribution in [0.1, 0.15) is 13.1 Å². The molecule has 1 aliphatic heterocycles. The van der Waals surface area contributed by atoms with E-state index in [1.54, 1.807) is 0 Å². The largest absolute Gasteiger partial charge is 0.394 e. The Bertz CT molecular complexity index is 663. The first-order chi connectivity index (χ1) is 9.83. The average Bonchev–Trinajstić information content (AvgIpc) is 2.49. The summed E-state index contributed by atoms with van der Waals surface area (Å²) < 4.78 is 41.8. The maximum atomic E-state index is 11.7. The maximum Gasteiger partial charge on any atom is 0.354 e. The zero-order chi connectivity index (χ0) is 17.1. The van der Waals surface area contributed by atoms with Crippen molar-refractivity contribution < 1.29 is 26.9 Å². The Morgan fingerprint density at radius 3 is 3.00 bits per heavy atom. The molecule has 9 heteroatoms. The van der Waals surface area contributed by atoms with Crippen molar-refractivity contribution in [2.75, 3.05) is 12.3 Å². The topological polar surface area (TPSA) is 144 Å². The highest BCUT2D eigenvalue weighted by molar-refractivity contribution is 5.10. The molecule has 0 bridgehead atoms. The lowest BCUT2D eigenvalue weighted by molar-refractivity contribution is -0.0554. The number of anilines is 1. The van der Waals surface area contributed by atoms with Crippen LogP contribution < -0.4 is 11.4 Å². The Morgan fingerprint density at radius 1 is 1.76 bits per heavy atom. The van der Waals surface area contributed by atoms with E-state index in [-0.39, 0.29) is 4.57 Å². The second kappa shape index (κ2) is 4.37. The minimum Gasteiger partial charge on any atom is -0.394 e. The number of hydrogen-bond donors (Lipinski definition) is 4. The highest BCUT2D eigenvalue weighted by Crippen LogP contribution is 2.27. The minimum absolute atomic E-state index is 0.266. The summed E-state index contributed by atoms with van der Waals surface area (Å²) in [5.74, 6) is -0.547. The molecule has 1 saturated heterocycles. The summed E-state index contributed by atoms with van der Waals surface area (Å²) in [4.78, 5) is 18.2. The van der Waals surface area contributed by atoms with Gasteiger partial charge in [-0.2, -0.15) is 4.98 Å². The van der Waals surface area contributed by atoms with E-state index in [0.29, 0.717) is 0 Å². The van der Waals surface area contributed by atoms with Gasteiger partial charge in [-0.3, -0.25) is 4.57 Å². The molecule has 1 aliphatic rings. The number of aliphatic hydroxyl groups excluding tert-OH is 1. The van der Waals surface area contributed by atoms with Gasteiger partial charge in [0.05, 0.1) is 12.0 Å². The van der Waals surface area contributed by atoms with Crippen molar-refractivity contribution in [1.82, 2.24) is 14.5 Å². The summed E-state index contributed by atoms with van der Waals surface area (Å²) in [6, 6.07) is 0. The molecule has 0 saturated carbocycles. The van der Waals surface area contributed by atoms with Gasteiger partial charge in [0.2, 0.25) is 5.95 Å². The minimum atomic E-state index is -3.57. The standard InChI is InChI=1S/C8H12N4O5/c9-7-10-2-12(8(16)11-7)6-5(15)4(14)3(1-13)17-6/h2-6,13-15H,1H2,(H2,9,11,16)/t3-,4+,5?,6-/m1/s1/i1D2,2D,3D,4D. The maximum absolute atomic E-state index is 11.7. The van der Waals surface area contributed by atoms with Crippen molar-refractivity contribution in [3.8, 4) is 0 Å². The van der Waals surface area contributed by atoms with Crippen molar-refractivity contribution in [3.63, 3.8) is 0 Å². The van der Waals surface area contributed by atoms with Gasteiger partial charge in [-0.1, -0.05) is 0 Å². The lowest BCUT2D eigenvalue weighted by atomic mass is 10.1. The van der Waals surface area contributed by atoms with Crippen LogP contribution in [0.3, 0.4) is 0 Å². The van der Waals surface area contributed by atoms with Crippen LogP contribution in [0.2, 0.25) is 0 Å². The third-order valence-corrected chi connectivity index (χ3v) is 2.07. The smallest absolute Gasteiger partial charge is 0.354 e. The van der Waals surface area contributed by atoms with E-state index in [1.807, 2.05) is 0 Å². The Hall–Kier alpha value is -1.55. The Labute approximate surface area is 102 Å².